The maximum absolute atomic E-state index is 12.6. The molecule has 8 aromatic heterocycles. The van der Waals surface area contributed by atoms with E-state index in [0.717, 1.165) is 211 Å². The molecule has 8 atom stereocenters. The van der Waals surface area contributed by atoms with Crippen molar-refractivity contribution in [3.05, 3.63) is 136 Å². The number of pyridine rings is 4. The summed E-state index contributed by atoms with van der Waals surface area (Å²) in [5.74, 6) is -1.11. The zero-order valence-electron chi connectivity index (χ0n) is 81.4. The van der Waals surface area contributed by atoms with Crippen LogP contribution in [0.2, 0.25) is 0 Å². The first kappa shape index (κ1) is 102. The van der Waals surface area contributed by atoms with Gasteiger partial charge in [0.2, 0.25) is 0 Å². The van der Waals surface area contributed by atoms with Gasteiger partial charge in [0, 0.05) is 93.6 Å². The number of carbonyl (C=O) groups excluding carboxylic acids is 4. The highest BCUT2D eigenvalue weighted by Crippen LogP contribution is 2.39. The lowest BCUT2D eigenvalue weighted by Crippen LogP contribution is -2.35. The van der Waals surface area contributed by atoms with Crippen LogP contribution in [-0.4, -0.2) is 219 Å². The minimum Gasteiger partial charge on any atom is -0.489 e. The van der Waals surface area contributed by atoms with E-state index in [2.05, 4.69) is 30.4 Å². The normalized spacial score (nSPS) is 20.7. The molecule has 8 aromatic rings. The number of hydrogen-bond acceptors (Lipinski definition) is 24. The molecule has 8 aliphatic rings. The Labute approximate surface area is 801 Å². The van der Waals surface area contributed by atoms with E-state index in [1.807, 2.05) is 132 Å². The molecule has 740 valence electrons. The number of nitrogens with zero attached hydrogens (tertiary/aromatic N) is 14. The predicted molar refractivity (Wildman–Crippen MR) is 507 cm³/mol. The van der Waals surface area contributed by atoms with Crippen LogP contribution >= 0.6 is 0 Å². The fourth-order valence-corrected chi connectivity index (χ4v) is 20.1. The third kappa shape index (κ3) is 26.9. The Balaban J connectivity index is 0.000000154. The number of imidazole rings is 1. The lowest BCUT2D eigenvalue weighted by atomic mass is 9.87. The Morgan fingerprint density at radius 2 is 0.723 bits per heavy atom. The summed E-state index contributed by atoms with van der Waals surface area (Å²) >= 11 is 0. The Morgan fingerprint density at radius 1 is 0.380 bits per heavy atom. The molecule has 137 heavy (non-hydrogen) atoms. The fourth-order valence-electron chi connectivity index (χ4n) is 20.1. The minimum absolute atomic E-state index is 0.0875. The number of carbonyl (C=O) groups is 8. The first-order valence-electron chi connectivity index (χ1n) is 48.9. The number of amides is 4. The molecular formula is C102H137N15O20. The Kier molecular flexibility index (Phi) is 35.7. The smallest absolute Gasteiger partial charge is 0.410 e. The standard InChI is InChI=1S/C26H34N4O5.C26H35N3O5.2C25H34N4O5/c1-16-22(15-34-26(33)30(3)19-8-4-5-9-19)21(14-27-29-16)23-11-12-24(17(2)28-23)35-20-10-6-7-18(13-20)25(31)32;1-17-24(34-20-10-6-7-18(15-20)25(30)31)12-11-22(27-17)21-13-14-28(2)23(21)16-33-26(32)29(3)19-8-4-5-9-19;1-16-21(14-33-25(32)28(3)19-8-4-5-9-19)29(15-26-16)23-12-11-22(17(2)27-23)34-20-10-6-7-18(13-20)24(30)31;1-15-20(14-33-25(32)29(3)18-8-4-5-9-18)23(28-27-15)21-11-12-22(16(2)26-21)34-19-10-6-7-17(13-19)24(30)31/h11-12,14,18-20H,4-10,13,15H2,1-3H3,(H,31,32);11-14,18-20H,4-10,15-16H2,1-3H3,(H,30,31);11-12,15,18-20H,4-10,13-14H2,1-3H3,(H,30,31);11-12,17-19H,4-10,13-14H2,1-3H3,(H,27,28)(H,30,31)/t3*18-,20-;17-,19-/m0000/s1. The van der Waals surface area contributed by atoms with Crippen LogP contribution in [0, 0.1) is 72.1 Å². The van der Waals surface area contributed by atoms with E-state index in [1.54, 1.807) is 53.3 Å². The maximum atomic E-state index is 12.6. The summed E-state index contributed by atoms with van der Waals surface area (Å²) in [5, 5.41) is 52.9. The third-order valence-electron chi connectivity index (χ3n) is 28.7. The molecule has 0 saturated heterocycles. The number of nitrogens with one attached hydrogen (secondary N) is 1. The Hall–Kier alpha value is -12.5. The summed E-state index contributed by atoms with van der Waals surface area (Å²) in [6, 6.07) is 17.9. The second-order valence-electron chi connectivity index (χ2n) is 38.2. The molecule has 8 fully saturated rings. The highest BCUT2D eigenvalue weighted by molar-refractivity contribution is 5.74. The Bertz CT molecular complexity index is 5090. The van der Waals surface area contributed by atoms with E-state index in [0.29, 0.717) is 120 Å². The largest absolute Gasteiger partial charge is 0.489 e. The molecule has 0 bridgehead atoms. The summed E-state index contributed by atoms with van der Waals surface area (Å²) in [6.07, 6.45) is 32.6. The number of rotatable bonds is 28. The highest BCUT2D eigenvalue weighted by atomic mass is 16.6. The van der Waals surface area contributed by atoms with Crippen molar-refractivity contribution >= 4 is 48.3 Å². The van der Waals surface area contributed by atoms with Crippen molar-refractivity contribution in [1.82, 2.24) is 74.0 Å². The second-order valence-corrected chi connectivity index (χ2v) is 38.2. The number of carboxylic acids is 4. The van der Waals surface area contributed by atoms with E-state index in [4.69, 9.17) is 52.8 Å². The molecule has 16 rings (SSSR count). The number of H-pyrrole nitrogens is 1. The number of aryl methyl sites for hydroxylation is 8. The van der Waals surface area contributed by atoms with Gasteiger partial charge in [0.1, 0.15) is 67.3 Å². The monoisotopic (exact) mass is 1890 g/mol. The topological polar surface area (TPSA) is 433 Å². The SMILES string of the molecule is Cc1nc(-c2ccn(C)c2COC(=O)N(C)C2CCCC2)ccc1O[C@H]1CCC[C@H](C(=O)O)C1.Cc1nc(-c2cnnc(C)c2COC(=O)N(C)C2CCCC2)ccc1O[C@H]1CCC[C@H](C(=O)O)C1.Cc1nc(-c2n[nH]c(C)c2COC(=O)N(C)C2CCCC2)ccc1O[C@H]1CCC[C@H](C(=O)O)C1.Cc1nc(-n2cnc(C)c2COC(=O)N(C)C2CCCC2)ccc1O[C@H]1CCC[C@H](C(=O)O)C1. The van der Waals surface area contributed by atoms with Crippen molar-refractivity contribution < 1.29 is 96.7 Å². The van der Waals surface area contributed by atoms with E-state index in [9.17, 15) is 58.8 Å². The molecule has 8 saturated carbocycles. The number of aliphatic carboxylic acids is 4. The van der Waals surface area contributed by atoms with Gasteiger partial charge < -0.3 is 82.5 Å². The number of ether oxygens (including phenoxy) is 8. The lowest BCUT2D eigenvalue weighted by molar-refractivity contribution is -0.144. The average molecular weight is 1890 g/mol. The van der Waals surface area contributed by atoms with Gasteiger partial charge in [-0.3, -0.25) is 28.8 Å². The van der Waals surface area contributed by atoms with Gasteiger partial charge in [-0.1, -0.05) is 51.4 Å². The molecule has 0 unspecified atom stereocenters. The molecular weight excluding hydrogens is 1760 g/mol. The zero-order valence-corrected chi connectivity index (χ0v) is 81.4. The van der Waals surface area contributed by atoms with Gasteiger partial charge >= 0.3 is 48.3 Å². The maximum Gasteiger partial charge on any atom is 0.410 e. The second kappa shape index (κ2) is 48.0. The predicted octanol–water partition coefficient (Wildman–Crippen LogP) is 18.7. The molecule has 0 aromatic carbocycles. The molecule has 5 N–H and O–H groups in total. The van der Waals surface area contributed by atoms with Crippen LogP contribution in [0.5, 0.6) is 23.0 Å². The zero-order chi connectivity index (χ0) is 97.7. The molecule has 35 nitrogen and oxygen atoms in total. The van der Waals surface area contributed by atoms with Gasteiger partial charge in [0.05, 0.1) is 117 Å². The van der Waals surface area contributed by atoms with Gasteiger partial charge in [-0.2, -0.15) is 15.3 Å². The minimum atomic E-state index is -0.758. The summed E-state index contributed by atoms with van der Waals surface area (Å²) in [6.45, 7) is 13.6. The summed E-state index contributed by atoms with van der Waals surface area (Å²) in [4.78, 5) is 126. The quantitative estimate of drug-likeness (QED) is 0.0284. The average Bonchev–Trinajstić information content (AvgIpc) is 1.77. The van der Waals surface area contributed by atoms with Crippen molar-refractivity contribution in [2.45, 2.75) is 329 Å². The van der Waals surface area contributed by atoms with Crippen LogP contribution in [0.3, 0.4) is 0 Å². The van der Waals surface area contributed by atoms with Crippen molar-refractivity contribution in [3.8, 4) is 62.7 Å². The van der Waals surface area contributed by atoms with E-state index < -0.39 is 23.9 Å². The van der Waals surface area contributed by atoms with Crippen molar-refractivity contribution in [2.24, 2.45) is 30.7 Å². The third-order valence-corrected chi connectivity index (χ3v) is 28.7. The van der Waals surface area contributed by atoms with Crippen LogP contribution in [0.25, 0.3) is 39.7 Å². The lowest BCUT2D eigenvalue weighted by Gasteiger charge is -2.27. The van der Waals surface area contributed by atoms with Gasteiger partial charge in [-0.25, -0.2) is 44.1 Å². The van der Waals surface area contributed by atoms with Crippen LogP contribution in [0.1, 0.15) is 268 Å². The number of aromatic nitrogens is 11. The van der Waals surface area contributed by atoms with Gasteiger partial charge in [0.15, 0.2) is 0 Å². The molecule has 0 spiro atoms. The van der Waals surface area contributed by atoms with Gasteiger partial charge in [0.25, 0.3) is 0 Å². The van der Waals surface area contributed by atoms with Gasteiger partial charge in [-0.05, 0) is 257 Å². The van der Waals surface area contributed by atoms with Crippen LogP contribution in [-0.2, 0) is 71.6 Å². The van der Waals surface area contributed by atoms with E-state index >= 15 is 0 Å². The van der Waals surface area contributed by atoms with Crippen LogP contribution < -0.4 is 18.9 Å². The Morgan fingerprint density at radius 3 is 1.10 bits per heavy atom. The molecule has 0 radical (unpaired) electrons. The molecule has 0 aliphatic heterocycles. The summed E-state index contributed by atoms with van der Waals surface area (Å²) in [7, 11) is 9.15. The van der Waals surface area contributed by atoms with Crippen LogP contribution in [0.15, 0.2) is 73.3 Å². The number of hydrogen-bond donors (Lipinski definition) is 5. The molecule has 4 amide bonds. The highest BCUT2D eigenvalue weighted by Gasteiger charge is 2.36. The van der Waals surface area contributed by atoms with Gasteiger partial charge in [-0.15, -0.1) is 0 Å². The fraction of sp³-hybridized carbons (Fsp3) is 0.588. The summed E-state index contributed by atoms with van der Waals surface area (Å²) in [5.41, 5.74) is 12.8. The first-order chi connectivity index (χ1) is 65.8. The molecule has 8 aliphatic carbocycles. The first-order valence-corrected chi connectivity index (χ1v) is 48.9. The molecule has 35 heteroatoms. The van der Waals surface area contributed by atoms with Crippen molar-refractivity contribution in [2.75, 3.05) is 28.2 Å². The number of carboxylic acid groups (broad SMARTS) is 4. The van der Waals surface area contributed by atoms with Crippen molar-refractivity contribution in [3.63, 3.8) is 0 Å². The van der Waals surface area contributed by atoms with E-state index in [-0.39, 0.29) is 123 Å². The summed E-state index contributed by atoms with van der Waals surface area (Å²) < 4.78 is 50.8. The van der Waals surface area contributed by atoms with Crippen molar-refractivity contribution in [1.29, 1.82) is 0 Å². The van der Waals surface area contributed by atoms with Crippen LogP contribution in [0.4, 0.5) is 19.2 Å². The van der Waals surface area contributed by atoms with E-state index in [1.165, 1.54) is 0 Å². The number of aromatic amines is 1. The molecule has 8 heterocycles.